The molecule has 2 amide bonds. The standard InChI is InChI=1S/C18H27N5O2/c1-18(2,14-22-8-10-25-11-9-22)13-21(3)17(24)20-15-12-19-23-7-5-4-6-16(15)23/h4-7,12H,8-11,13-14H2,1-3H3,(H,20,24). The second kappa shape index (κ2) is 7.41. The normalized spacial score (nSPS) is 16.1. The van der Waals surface area contributed by atoms with Gasteiger partial charge in [-0.25, -0.2) is 9.31 Å². The second-order valence-corrected chi connectivity index (χ2v) is 7.43. The lowest BCUT2D eigenvalue weighted by Gasteiger charge is -2.37. The summed E-state index contributed by atoms with van der Waals surface area (Å²) in [6.07, 6.45) is 3.54. The first-order valence-electron chi connectivity index (χ1n) is 8.69. The summed E-state index contributed by atoms with van der Waals surface area (Å²) in [5.74, 6) is 0. The Labute approximate surface area is 148 Å². The van der Waals surface area contributed by atoms with Gasteiger partial charge in [0.2, 0.25) is 0 Å². The van der Waals surface area contributed by atoms with Crippen LogP contribution in [0.1, 0.15) is 13.8 Å². The predicted octanol–water partition coefficient (Wildman–Crippen LogP) is 2.16. The van der Waals surface area contributed by atoms with E-state index < -0.39 is 0 Å². The van der Waals surface area contributed by atoms with Crippen LogP contribution in [0.4, 0.5) is 10.5 Å². The highest BCUT2D eigenvalue weighted by atomic mass is 16.5. The molecule has 3 rings (SSSR count). The van der Waals surface area contributed by atoms with Crippen molar-refractivity contribution in [3.8, 4) is 0 Å². The number of nitrogens with zero attached hydrogens (tertiary/aromatic N) is 4. The second-order valence-electron chi connectivity index (χ2n) is 7.43. The first-order valence-corrected chi connectivity index (χ1v) is 8.69. The molecule has 1 N–H and O–H groups in total. The number of rotatable bonds is 5. The van der Waals surface area contributed by atoms with Crippen LogP contribution in [0.25, 0.3) is 5.52 Å². The van der Waals surface area contributed by atoms with Crippen LogP contribution in [0.3, 0.4) is 0 Å². The molecule has 3 heterocycles. The largest absolute Gasteiger partial charge is 0.379 e. The summed E-state index contributed by atoms with van der Waals surface area (Å²) in [5.41, 5.74) is 1.62. The summed E-state index contributed by atoms with van der Waals surface area (Å²) in [6.45, 7) is 9.52. The summed E-state index contributed by atoms with van der Waals surface area (Å²) in [7, 11) is 1.84. The third kappa shape index (κ3) is 4.49. The molecule has 1 aliphatic rings. The third-order valence-corrected chi connectivity index (χ3v) is 4.44. The van der Waals surface area contributed by atoms with Crippen LogP contribution in [0, 0.1) is 5.41 Å². The van der Waals surface area contributed by atoms with Gasteiger partial charge in [-0.1, -0.05) is 19.9 Å². The van der Waals surface area contributed by atoms with E-state index in [4.69, 9.17) is 4.74 Å². The van der Waals surface area contributed by atoms with Crippen LogP contribution < -0.4 is 5.32 Å². The zero-order valence-electron chi connectivity index (χ0n) is 15.2. The van der Waals surface area contributed by atoms with Crippen LogP contribution >= 0.6 is 0 Å². The Hall–Kier alpha value is -2.12. The highest BCUT2D eigenvalue weighted by Gasteiger charge is 2.26. The maximum absolute atomic E-state index is 12.6. The maximum atomic E-state index is 12.6. The van der Waals surface area contributed by atoms with Crippen LogP contribution in [0.2, 0.25) is 0 Å². The van der Waals surface area contributed by atoms with E-state index in [0.29, 0.717) is 6.54 Å². The molecule has 0 radical (unpaired) electrons. The molecule has 1 fully saturated rings. The Kier molecular flexibility index (Phi) is 5.24. The van der Waals surface area contributed by atoms with Crippen LogP contribution in [-0.2, 0) is 4.74 Å². The minimum absolute atomic E-state index is 0.00448. The molecule has 7 nitrogen and oxygen atoms in total. The van der Waals surface area contributed by atoms with Crippen molar-refractivity contribution < 1.29 is 9.53 Å². The molecule has 0 bridgehead atoms. The van der Waals surface area contributed by atoms with Crippen molar-refractivity contribution in [1.82, 2.24) is 19.4 Å². The smallest absolute Gasteiger partial charge is 0.321 e. The molecule has 2 aromatic heterocycles. The van der Waals surface area contributed by atoms with Gasteiger partial charge in [-0.05, 0) is 17.5 Å². The number of hydrogen-bond acceptors (Lipinski definition) is 4. The topological polar surface area (TPSA) is 62.1 Å². The Bertz CT molecular complexity index is 721. The van der Waals surface area contributed by atoms with E-state index in [0.717, 1.165) is 44.1 Å². The fraction of sp³-hybridized carbons (Fsp3) is 0.556. The zero-order valence-corrected chi connectivity index (χ0v) is 15.2. The van der Waals surface area contributed by atoms with E-state index in [1.165, 1.54) is 0 Å². The Morgan fingerprint density at radius 3 is 2.88 bits per heavy atom. The number of fused-ring (bicyclic) bond motifs is 1. The lowest BCUT2D eigenvalue weighted by atomic mass is 9.92. The van der Waals surface area contributed by atoms with Crippen LogP contribution in [0.5, 0.6) is 0 Å². The summed E-state index contributed by atoms with van der Waals surface area (Å²) in [4.78, 5) is 16.7. The van der Waals surface area contributed by atoms with Crippen molar-refractivity contribution in [3.63, 3.8) is 0 Å². The molecule has 7 heteroatoms. The van der Waals surface area contributed by atoms with Gasteiger partial charge in [-0.15, -0.1) is 0 Å². The number of pyridine rings is 1. The van der Waals surface area contributed by atoms with Gasteiger partial charge in [0, 0.05) is 39.4 Å². The molecular weight excluding hydrogens is 318 g/mol. The number of carbonyl (C=O) groups is 1. The number of morpholine rings is 1. The van der Waals surface area contributed by atoms with Crippen molar-refractivity contribution in [2.45, 2.75) is 13.8 Å². The highest BCUT2D eigenvalue weighted by molar-refractivity contribution is 5.93. The molecule has 0 spiro atoms. The quantitative estimate of drug-likeness (QED) is 0.902. The van der Waals surface area contributed by atoms with Crippen molar-refractivity contribution in [1.29, 1.82) is 0 Å². The predicted molar refractivity (Wildman–Crippen MR) is 97.9 cm³/mol. The Morgan fingerprint density at radius 2 is 2.12 bits per heavy atom. The molecule has 0 aromatic carbocycles. The maximum Gasteiger partial charge on any atom is 0.321 e. The molecule has 0 saturated carbocycles. The molecule has 1 saturated heterocycles. The van der Waals surface area contributed by atoms with E-state index in [1.54, 1.807) is 15.6 Å². The number of ether oxygens (including phenoxy) is 1. The van der Waals surface area contributed by atoms with Crippen LogP contribution in [0.15, 0.2) is 30.6 Å². The molecule has 2 aromatic rings. The van der Waals surface area contributed by atoms with E-state index in [9.17, 15) is 4.79 Å². The average Bonchev–Trinajstić information content (AvgIpc) is 2.98. The van der Waals surface area contributed by atoms with Gasteiger partial charge < -0.3 is 15.0 Å². The number of carbonyl (C=O) groups excluding carboxylic acids is 1. The fourth-order valence-corrected chi connectivity index (χ4v) is 3.37. The molecule has 1 aliphatic heterocycles. The van der Waals surface area contributed by atoms with Crippen molar-refractivity contribution >= 4 is 17.2 Å². The fourth-order valence-electron chi connectivity index (χ4n) is 3.37. The minimum Gasteiger partial charge on any atom is -0.379 e. The van der Waals surface area contributed by atoms with Crippen molar-refractivity contribution in [2.24, 2.45) is 5.41 Å². The lowest BCUT2D eigenvalue weighted by Crippen LogP contribution is -2.47. The molecule has 0 aliphatic carbocycles. The van der Waals surface area contributed by atoms with E-state index >= 15 is 0 Å². The van der Waals surface area contributed by atoms with Gasteiger partial charge in [0.1, 0.15) is 0 Å². The van der Waals surface area contributed by atoms with Gasteiger partial charge >= 0.3 is 6.03 Å². The molecule has 0 atom stereocenters. The number of amides is 2. The summed E-state index contributed by atoms with van der Waals surface area (Å²) in [6, 6.07) is 5.66. The monoisotopic (exact) mass is 345 g/mol. The van der Waals surface area contributed by atoms with Crippen molar-refractivity contribution in [2.75, 3.05) is 51.8 Å². The number of urea groups is 1. The summed E-state index contributed by atoms with van der Waals surface area (Å²) >= 11 is 0. The summed E-state index contributed by atoms with van der Waals surface area (Å²) in [5, 5.41) is 7.21. The number of hydrogen-bond donors (Lipinski definition) is 1. The van der Waals surface area contributed by atoms with Crippen molar-refractivity contribution in [3.05, 3.63) is 30.6 Å². The molecule has 25 heavy (non-hydrogen) atoms. The number of aromatic nitrogens is 2. The van der Waals surface area contributed by atoms with Gasteiger partial charge in [-0.3, -0.25) is 4.90 Å². The highest BCUT2D eigenvalue weighted by Crippen LogP contribution is 2.21. The SMILES string of the molecule is CN(CC(C)(C)CN1CCOCC1)C(=O)Nc1cnn2ccccc12. The van der Waals surface area contributed by atoms with E-state index in [-0.39, 0.29) is 11.4 Å². The molecule has 136 valence electrons. The van der Waals surface area contributed by atoms with Gasteiger partial charge in [0.25, 0.3) is 0 Å². The van der Waals surface area contributed by atoms with Crippen LogP contribution in [-0.4, -0.2) is 71.9 Å². The van der Waals surface area contributed by atoms with Gasteiger partial charge in [0.15, 0.2) is 0 Å². The first-order chi connectivity index (χ1) is 11.9. The first kappa shape index (κ1) is 17.7. The van der Waals surface area contributed by atoms with Gasteiger partial charge in [-0.2, -0.15) is 5.10 Å². The molecular formula is C18H27N5O2. The van der Waals surface area contributed by atoms with E-state index in [1.807, 2.05) is 31.4 Å². The zero-order chi connectivity index (χ0) is 17.9. The Morgan fingerprint density at radius 1 is 1.36 bits per heavy atom. The number of nitrogens with one attached hydrogen (secondary N) is 1. The van der Waals surface area contributed by atoms with E-state index in [2.05, 4.69) is 29.2 Å². The van der Waals surface area contributed by atoms with Gasteiger partial charge in [0.05, 0.1) is 30.6 Å². The Balaban J connectivity index is 1.58. The number of anilines is 1. The third-order valence-electron chi connectivity index (χ3n) is 4.44. The lowest BCUT2D eigenvalue weighted by molar-refractivity contribution is 0.0182. The molecule has 0 unspecified atom stereocenters. The summed E-state index contributed by atoms with van der Waals surface area (Å²) < 4.78 is 7.15. The average molecular weight is 345 g/mol. The minimum atomic E-state index is -0.117.